The van der Waals surface area contributed by atoms with Gasteiger partial charge in [0.25, 0.3) is 0 Å². The summed E-state index contributed by atoms with van der Waals surface area (Å²) in [6, 6.07) is 9.55. The van der Waals surface area contributed by atoms with Crippen LogP contribution >= 0.6 is 11.6 Å². The fraction of sp³-hybridized carbons (Fsp3) is 0.529. The molecule has 0 atom stereocenters. The molecular weight excluding hydrogens is 302 g/mol. The van der Waals surface area contributed by atoms with Crippen LogP contribution < -0.4 is 0 Å². The topological polar surface area (TPSA) is 46.6 Å². The number of halogens is 1. The highest BCUT2D eigenvalue weighted by Gasteiger charge is 2.43. The van der Waals surface area contributed by atoms with Gasteiger partial charge < -0.3 is 9.64 Å². The van der Waals surface area contributed by atoms with Crippen LogP contribution in [0.15, 0.2) is 30.3 Å². The van der Waals surface area contributed by atoms with Crippen LogP contribution in [0.2, 0.25) is 0 Å². The van der Waals surface area contributed by atoms with Crippen molar-refractivity contribution < 1.29 is 14.3 Å². The molecule has 5 heteroatoms. The van der Waals surface area contributed by atoms with Crippen LogP contribution in [-0.2, 0) is 14.9 Å². The number of ether oxygens (including phenoxy) is 1. The molecule has 0 aromatic heterocycles. The maximum atomic E-state index is 12.1. The summed E-state index contributed by atoms with van der Waals surface area (Å²) in [4.78, 5) is 25.8. The first-order valence-electron chi connectivity index (χ1n) is 7.48. The Morgan fingerprint density at radius 2 is 1.68 bits per heavy atom. The predicted molar refractivity (Wildman–Crippen MR) is 86.0 cm³/mol. The fourth-order valence-corrected chi connectivity index (χ4v) is 3.05. The smallest absolute Gasteiger partial charge is 0.410 e. The Morgan fingerprint density at radius 1 is 1.14 bits per heavy atom. The lowest BCUT2D eigenvalue weighted by Gasteiger charge is -2.40. The predicted octanol–water partition coefficient (Wildman–Crippen LogP) is 3.72. The van der Waals surface area contributed by atoms with Gasteiger partial charge in [0.05, 0.1) is 5.41 Å². The SMILES string of the molecule is CC(C)(C)OC(=O)N1CCC(C(=O)Cl)(c2ccccc2)CC1. The minimum atomic E-state index is -0.707. The molecule has 0 bridgehead atoms. The number of rotatable bonds is 2. The molecule has 0 N–H and O–H groups in total. The third-order valence-corrected chi connectivity index (χ3v) is 4.33. The van der Waals surface area contributed by atoms with E-state index in [2.05, 4.69) is 0 Å². The van der Waals surface area contributed by atoms with Crippen molar-refractivity contribution in [2.24, 2.45) is 0 Å². The number of hydrogen-bond donors (Lipinski definition) is 0. The van der Waals surface area contributed by atoms with Crippen LogP contribution in [0.25, 0.3) is 0 Å². The van der Waals surface area contributed by atoms with E-state index in [-0.39, 0.29) is 11.3 Å². The normalized spacial score (nSPS) is 17.9. The number of amides is 1. The summed E-state index contributed by atoms with van der Waals surface area (Å²) in [5.74, 6) is 0. The number of nitrogens with zero attached hydrogens (tertiary/aromatic N) is 1. The van der Waals surface area contributed by atoms with Crippen molar-refractivity contribution in [3.63, 3.8) is 0 Å². The summed E-state index contributed by atoms with van der Waals surface area (Å²) < 4.78 is 5.38. The van der Waals surface area contributed by atoms with Gasteiger partial charge in [0.2, 0.25) is 5.24 Å². The molecule has 1 aromatic carbocycles. The van der Waals surface area contributed by atoms with Crippen LogP contribution in [0.4, 0.5) is 4.79 Å². The second kappa shape index (κ2) is 6.29. The first-order valence-corrected chi connectivity index (χ1v) is 7.86. The molecule has 1 fully saturated rings. The molecule has 0 aliphatic carbocycles. The zero-order chi connectivity index (χ0) is 16.4. The maximum Gasteiger partial charge on any atom is 0.410 e. The van der Waals surface area contributed by atoms with Gasteiger partial charge in [0, 0.05) is 13.1 Å². The minimum absolute atomic E-state index is 0.337. The highest BCUT2D eigenvalue weighted by molar-refractivity contribution is 6.65. The van der Waals surface area contributed by atoms with Crippen LogP contribution in [0.3, 0.4) is 0 Å². The quantitative estimate of drug-likeness (QED) is 0.779. The first-order chi connectivity index (χ1) is 10.2. The van der Waals surface area contributed by atoms with Crippen molar-refractivity contribution in [3.8, 4) is 0 Å². The Balaban J connectivity index is 2.11. The van der Waals surface area contributed by atoms with E-state index in [1.807, 2.05) is 51.1 Å². The molecule has 1 heterocycles. The number of piperidine rings is 1. The van der Waals surface area contributed by atoms with E-state index in [4.69, 9.17) is 16.3 Å². The van der Waals surface area contributed by atoms with E-state index in [1.54, 1.807) is 4.90 Å². The molecule has 0 radical (unpaired) electrons. The Kier molecular flexibility index (Phi) is 4.81. The number of carbonyl (C=O) groups is 2. The summed E-state index contributed by atoms with van der Waals surface area (Å²) in [6.07, 6.45) is 0.688. The summed E-state index contributed by atoms with van der Waals surface area (Å²) in [7, 11) is 0. The van der Waals surface area contributed by atoms with E-state index in [1.165, 1.54) is 0 Å². The molecular formula is C17H22ClNO3. The lowest BCUT2D eigenvalue weighted by molar-refractivity contribution is -0.118. The highest BCUT2D eigenvalue weighted by Crippen LogP contribution is 2.38. The molecule has 1 aromatic rings. The fourth-order valence-electron chi connectivity index (χ4n) is 2.75. The van der Waals surface area contributed by atoms with Crippen molar-refractivity contribution in [2.75, 3.05) is 13.1 Å². The molecule has 0 spiro atoms. The van der Waals surface area contributed by atoms with Crippen molar-refractivity contribution in [3.05, 3.63) is 35.9 Å². The van der Waals surface area contributed by atoms with Crippen molar-refractivity contribution in [1.82, 2.24) is 4.90 Å². The average Bonchev–Trinajstić information content (AvgIpc) is 2.46. The zero-order valence-corrected chi connectivity index (χ0v) is 14.0. The average molecular weight is 324 g/mol. The Hall–Kier alpha value is -1.55. The summed E-state index contributed by atoms with van der Waals surface area (Å²) in [6.45, 7) is 6.44. The van der Waals surface area contributed by atoms with Gasteiger partial charge >= 0.3 is 6.09 Å². The van der Waals surface area contributed by atoms with Crippen LogP contribution in [0, 0.1) is 0 Å². The molecule has 0 saturated carbocycles. The van der Waals surface area contributed by atoms with Gasteiger partial charge in [-0.15, -0.1) is 0 Å². The molecule has 120 valence electrons. The van der Waals surface area contributed by atoms with Gasteiger partial charge in [-0.3, -0.25) is 4.79 Å². The lowest BCUT2D eigenvalue weighted by atomic mass is 9.74. The number of benzene rings is 1. The van der Waals surface area contributed by atoms with Gasteiger partial charge in [-0.25, -0.2) is 4.79 Å². The molecule has 2 rings (SSSR count). The van der Waals surface area contributed by atoms with Crippen molar-refractivity contribution in [1.29, 1.82) is 0 Å². The lowest BCUT2D eigenvalue weighted by Crippen LogP contribution is -2.49. The second-order valence-electron chi connectivity index (χ2n) is 6.69. The van der Waals surface area contributed by atoms with Crippen LogP contribution in [0.5, 0.6) is 0 Å². The van der Waals surface area contributed by atoms with E-state index in [0.29, 0.717) is 25.9 Å². The summed E-state index contributed by atoms with van der Waals surface area (Å²) >= 11 is 5.91. The maximum absolute atomic E-state index is 12.1. The van der Waals surface area contributed by atoms with Crippen LogP contribution in [0.1, 0.15) is 39.2 Å². The van der Waals surface area contributed by atoms with E-state index < -0.39 is 11.0 Å². The first kappa shape index (κ1) is 16.8. The van der Waals surface area contributed by atoms with Gasteiger partial charge in [0.1, 0.15) is 5.60 Å². The number of carbonyl (C=O) groups excluding carboxylic acids is 2. The third kappa shape index (κ3) is 3.61. The number of likely N-dealkylation sites (tertiary alicyclic amines) is 1. The largest absolute Gasteiger partial charge is 0.444 e. The van der Waals surface area contributed by atoms with Crippen LogP contribution in [-0.4, -0.2) is 34.9 Å². The van der Waals surface area contributed by atoms with E-state index in [9.17, 15) is 9.59 Å². The molecule has 22 heavy (non-hydrogen) atoms. The second-order valence-corrected chi connectivity index (χ2v) is 7.03. The zero-order valence-electron chi connectivity index (χ0n) is 13.3. The highest BCUT2D eigenvalue weighted by atomic mass is 35.5. The Labute approximate surface area is 136 Å². The van der Waals surface area contributed by atoms with Gasteiger partial charge in [-0.05, 0) is 50.8 Å². The molecule has 0 unspecified atom stereocenters. The molecule has 1 saturated heterocycles. The van der Waals surface area contributed by atoms with Gasteiger partial charge in [-0.1, -0.05) is 30.3 Å². The molecule has 1 aliphatic heterocycles. The molecule has 1 aliphatic rings. The molecule has 4 nitrogen and oxygen atoms in total. The van der Waals surface area contributed by atoms with Crippen molar-refractivity contribution >= 4 is 22.9 Å². The summed E-state index contributed by atoms with van der Waals surface area (Å²) in [5.41, 5.74) is -0.312. The Bertz CT molecular complexity index is 543. The minimum Gasteiger partial charge on any atom is -0.444 e. The Morgan fingerprint density at radius 3 is 2.14 bits per heavy atom. The standard InChI is InChI=1S/C17H22ClNO3/c1-16(2,3)22-15(21)19-11-9-17(10-12-19,14(18)20)13-7-5-4-6-8-13/h4-8H,9-12H2,1-3H3. The van der Waals surface area contributed by atoms with Gasteiger partial charge in [-0.2, -0.15) is 0 Å². The van der Waals surface area contributed by atoms with E-state index in [0.717, 1.165) is 5.56 Å². The summed E-state index contributed by atoms with van der Waals surface area (Å²) in [5, 5.41) is -0.359. The van der Waals surface area contributed by atoms with Gasteiger partial charge in [0.15, 0.2) is 0 Å². The molecule has 1 amide bonds. The van der Waals surface area contributed by atoms with Crippen molar-refractivity contribution in [2.45, 2.75) is 44.6 Å². The third-order valence-electron chi connectivity index (χ3n) is 3.97. The monoisotopic (exact) mass is 323 g/mol. The number of hydrogen-bond acceptors (Lipinski definition) is 3. The van der Waals surface area contributed by atoms with E-state index >= 15 is 0 Å².